The maximum atomic E-state index is 12.4. The maximum absolute atomic E-state index is 12.4. The van der Waals surface area contributed by atoms with Gasteiger partial charge in [0.05, 0.1) is 0 Å². The Morgan fingerprint density at radius 1 is 1.25 bits per heavy atom. The van der Waals surface area contributed by atoms with Crippen LogP contribution in [-0.2, 0) is 10.0 Å². The summed E-state index contributed by atoms with van der Waals surface area (Å²) in [6.45, 7) is 1.90. The third-order valence-corrected chi connectivity index (χ3v) is 4.44. The topological polar surface area (TPSA) is 71.1 Å². The molecule has 0 fully saturated rings. The Bertz CT molecular complexity index is 732. The molecule has 0 aliphatic heterocycles. The van der Waals surface area contributed by atoms with Crippen LogP contribution in [0.1, 0.15) is 5.56 Å². The molecule has 0 spiro atoms. The number of halogens is 1. The first-order valence-corrected chi connectivity index (χ1v) is 8.13. The zero-order valence-electron chi connectivity index (χ0n) is 11.0. The van der Waals surface area contributed by atoms with E-state index in [-0.39, 0.29) is 4.90 Å². The normalized spacial score (nSPS) is 11.2. The number of benzene rings is 1. The van der Waals surface area contributed by atoms with E-state index in [0.717, 1.165) is 5.56 Å². The lowest BCUT2D eigenvalue weighted by molar-refractivity contribution is 0.601. The highest BCUT2D eigenvalue weighted by atomic mass is 79.9. The molecule has 0 atom stereocenters. The predicted molar refractivity (Wildman–Crippen MR) is 83.5 cm³/mol. The average Bonchev–Trinajstić information content (AvgIpc) is 2.38. The SMILES string of the molecule is CNc1ncc(Br)cc1S(=O)(=O)Nc1cccc(C)c1. The summed E-state index contributed by atoms with van der Waals surface area (Å²) < 4.78 is 28.0. The third kappa shape index (κ3) is 3.29. The highest BCUT2D eigenvalue weighted by molar-refractivity contribution is 9.10. The number of rotatable bonds is 4. The molecule has 0 amide bonds. The summed E-state index contributed by atoms with van der Waals surface area (Å²) in [4.78, 5) is 4.14. The molecule has 1 heterocycles. The molecule has 0 saturated carbocycles. The number of pyridine rings is 1. The molecule has 2 aromatic rings. The van der Waals surface area contributed by atoms with Crippen LogP contribution in [0.3, 0.4) is 0 Å². The van der Waals surface area contributed by atoms with E-state index < -0.39 is 10.0 Å². The second kappa shape index (κ2) is 5.80. The van der Waals surface area contributed by atoms with Crippen molar-refractivity contribution >= 4 is 37.5 Å². The minimum atomic E-state index is -3.70. The Morgan fingerprint density at radius 3 is 2.65 bits per heavy atom. The maximum Gasteiger partial charge on any atom is 0.265 e. The first-order valence-electron chi connectivity index (χ1n) is 5.85. The molecule has 1 aromatic carbocycles. The quantitative estimate of drug-likeness (QED) is 0.884. The van der Waals surface area contributed by atoms with Crippen molar-refractivity contribution in [2.75, 3.05) is 17.1 Å². The van der Waals surface area contributed by atoms with Gasteiger partial charge in [-0.1, -0.05) is 12.1 Å². The molecule has 0 aliphatic carbocycles. The van der Waals surface area contributed by atoms with Crippen molar-refractivity contribution in [2.24, 2.45) is 0 Å². The summed E-state index contributed by atoms with van der Waals surface area (Å²) in [6.07, 6.45) is 1.54. The van der Waals surface area contributed by atoms with Gasteiger partial charge in [-0.25, -0.2) is 13.4 Å². The smallest absolute Gasteiger partial charge is 0.265 e. The Labute approximate surface area is 126 Å². The van der Waals surface area contributed by atoms with Gasteiger partial charge in [-0.05, 0) is 46.6 Å². The van der Waals surface area contributed by atoms with Crippen molar-refractivity contribution < 1.29 is 8.42 Å². The lowest BCUT2D eigenvalue weighted by Gasteiger charge is -2.12. The number of hydrogen-bond donors (Lipinski definition) is 2. The Balaban J connectivity index is 2.43. The zero-order valence-corrected chi connectivity index (χ0v) is 13.4. The van der Waals surface area contributed by atoms with Gasteiger partial charge in [0.25, 0.3) is 10.0 Å². The van der Waals surface area contributed by atoms with Gasteiger partial charge in [0.1, 0.15) is 10.7 Å². The minimum Gasteiger partial charge on any atom is -0.372 e. The lowest BCUT2D eigenvalue weighted by Crippen LogP contribution is -2.15. The van der Waals surface area contributed by atoms with Crippen molar-refractivity contribution in [3.8, 4) is 0 Å². The van der Waals surface area contributed by atoms with E-state index in [0.29, 0.717) is 16.0 Å². The van der Waals surface area contributed by atoms with Crippen LogP contribution in [0.4, 0.5) is 11.5 Å². The summed E-state index contributed by atoms with van der Waals surface area (Å²) in [6, 6.07) is 8.68. The number of aromatic nitrogens is 1. The summed E-state index contributed by atoms with van der Waals surface area (Å²) in [7, 11) is -2.07. The van der Waals surface area contributed by atoms with E-state index in [2.05, 4.69) is 31.0 Å². The van der Waals surface area contributed by atoms with Crippen LogP contribution < -0.4 is 10.0 Å². The second-order valence-corrected chi connectivity index (χ2v) is 6.79. The van der Waals surface area contributed by atoms with Gasteiger partial charge in [-0.3, -0.25) is 4.72 Å². The molecule has 2 N–H and O–H groups in total. The van der Waals surface area contributed by atoms with E-state index >= 15 is 0 Å². The number of nitrogens with zero attached hydrogens (tertiary/aromatic N) is 1. The molecular weight excluding hydrogens is 342 g/mol. The van der Waals surface area contributed by atoms with E-state index in [1.807, 2.05) is 13.0 Å². The van der Waals surface area contributed by atoms with Gasteiger partial charge < -0.3 is 5.32 Å². The second-order valence-electron chi connectivity index (χ2n) is 4.23. The summed E-state index contributed by atoms with van der Waals surface area (Å²) in [5, 5.41) is 2.77. The molecule has 0 radical (unpaired) electrons. The largest absolute Gasteiger partial charge is 0.372 e. The fourth-order valence-corrected chi connectivity index (χ4v) is 3.45. The first-order chi connectivity index (χ1) is 9.42. The van der Waals surface area contributed by atoms with Crippen molar-refractivity contribution in [3.05, 3.63) is 46.6 Å². The highest BCUT2D eigenvalue weighted by Gasteiger charge is 2.20. The van der Waals surface area contributed by atoms with Gasteiger partial charge >= 0.3 is 0 Å². The lowest BCUT2D eigenvalue weighted by atomic mass is 10.2. The molecule has 0 saturated heterocycles. The first kappa shape index (κ1) is 14.8. The van der Waals surface area contributed by atoms with Crippen LogP contribution in [-0.4, -0.2) is 20.4 Å². The van der Waals surface area contributed by atoms with Crippen molar-refractivity contribution in [3.63, 3.8) is 0 Å². The molecule has 106 valence electrons. The molecule has 20 heavy (non-hydrogen) atoms. The number of hydrogen-bond acceptors (Lipinski definition) is 4. The van der Waals surface area contributed by atoms with Gasteiger partial charge in [0, 0.05) is 23.4 Å². The van der Waals surface area contributed by atoms with E-state index in [4.69, 9.17) is 0 Å². The van der Waals surface area contributed by atoms with Gasteiger partial charge in [-0.15, -0.1) is 0 Å². The monoisotopic (exact) mass is 355 g/mol. The molecule has 0 bridgehead atoms. The summed E-state index contributed by atoms with van der Waals surface area (Å²) >= 11 is 3.23. The van der Waals surface area contributed by atoms with Crippen LogP contribution in [0.15, 0.2) is 45.9 Å². The van der Waals surface area contributed by atoms with Crippen molar-refractivity contribution in [1.29, 1.82) is 0 Å². The molecule has 2 rings (SSSR count). The number of nitrogens with one attached hydrogen (secondary N) is 2. The average molecular weight is 356 g/mol. The molecule has 0 aliphatic rings. The van der Waals surface area contributed by atoms with Crippen LogP contribution in [0, 0.1) is 6.92 Å². The fraction of sp³-hybridized carbons (Fsp3) is 0.154. The predicted octanol–water partition coefficient (Wildman–Crippen LogP) is 3.00. The molecule has 5 nitrogen and oxygen atoms in total. The van der Waals surface area contributed by atoms with E-state index in [1.54, 1.807) is 25.2 Å². The molecular formula is C13H14BrN3O2S. The fourth-order valence-electron chi connectivity index (χ4n) is 1.73. The molecule has 1 aromatic heterocycles. The van der Waals surface area contributed by atoms with Crippen LogP contribution in [0.25, 0.3) is 0 Å². The number of aryl methyl sites for hydroxylation is 1. The van der Waals surface area contributed by atoms with Gasteiger partial charge in [0.2, 0.25) is 0 Å². The Morgan fingerprint density at radius 2 is 2.00 bits per heavy atom. The third-order valence-electron chi connectivity index (χ3n) is 2.62. The van der Waals surface area contributed by atoms with E-state index in [1.165, 1.54) is 12.3 Å². The van der Waals surface area contributed by atoms with Crippen molar-refractivity contribution in [2.45, 2.75) is 11.8 Å². The van der Waals surface area contributed by atoms with Crippen LogP contribution >= 0.6 is 15.9 Å². The highest BCUT2D eigenvalue weighted by Crippen LogP contribution is 2.25. The van der Waals surface area contributed by atoms with Crippen molar-refractivity contribution in [1.82, 2.24) is 4.98 Å². The molecule has 7 heteroatoms. The Hall–Kier alpha value is -1.60. The summed E-state index contributed by atoms with van der Waals surface area (Å²) in [5.41, 5.74) is 1.50. The van der Waals surface area contributed by atoms with E-state index in [9.17, 15) is 8.42 Å². The summed E-state index contributed by atoms with van der Waals surface area (Å²) in [5.74, 6) is 0.299. The van der Waals surface area contributed by atoms with Crippen LogP contribution in [0.2, 0.25) is 0 Å². The Kier molecular flexibility index (Phi) is 4.29. The van der Waals surface area contributed by atoms with Crippen LogP contribution in [0.5, 0.6) is 0 Å². The van der Waals surface area contributed by atoms with Gasteiger partial charge in [-0.2, -0.15) is 0 Å². The molecule has 0 unspecified atom stereocenters. The zero-order chi connectivity index (χ0) is 14.8. The minimum absolute atomic E-state index is 0.0934. The van der Waals surface area contributed by atoms with Gasteiger partial charge in [0.15, 0.2) is 0 Å². The standard InChI is InChI=1S/C13H14BrN3O2S/c1-9-4-3-5-11(6-9)17-20(18,19)12-7-10(14)8-16-13(12)15-2/h3-8,17H,1-2H3,(H,15,16). The number of sulfonamides is 1. The number of anilines is 2.